The third-order valence-electron chi connectivity index (χ3n) is 3.10. The van der Waals surface area contributed by atoms with E-state index >= 15 is 0 Å². The van der Waals surface area contributed by atoms with Crippen LogP contribution in [0.1, 0.15) is 12.8 Å². The normalized spacial score (nSPS) is 18.6. The van der Waals surface area contributed by atoms with E-state index in [0.29, 0.717) is 0 Å². The van der Waals surface area contributed by atoms with Crippen LogP contribution < -0.4 is 16.6 Å². The number of likely N-dealkylation sites (N-methyl/N-ethyl adjacent to an activating group) is 1. The Bertz CT molecular complexity index is 605. The van der Waals surface area contributed by atoms with Gasteiger partial charge in [-0.25, -0.2) is 15.8 Å². The van der Waals surface area contributed by atoms with Crippen molar-refractivity contribution in [1.82, 2.24) is 14.9 Å². The summed E-state index contributed by atoms with van der Waals surface area (Å²) < 4.78 is 0. The maximum absolute atomic E-state index is 12.0. The fourth-order valence-electron chi connectivity index (χ4n) is 1.98. The highest BCUT2D eigenvalue weighted by Gasteiger charge is 2.34. The summed E-state index contributed by atoms with van der Waals surface area (Å²) in [5.41, 5.74) is 1.63. The van der Waals surface area contributed by atoms with Gasteiger partial charge in [-0.1, -0.05) is 0 Å². The molecule has 1 fully saturated rings. The molecule has 2 rings (SSSR count). The molecule has 0 aromatic carbocycles. The molecule has 1 aromatic heterocycles. The lowest BCUT2D eigenvalue weighted by Gasteiger charge is -2.28. The fourth-order valence-corrected chi connectivity index (χ4v) is 1.98. The zero-order valence-electron chi connectivity index (χ0n) is 11.1. The number of likely N-dealkylation sites (tertiary alicyclic amines) is 1. The first-order valence-electron chi connectivity index (χ1n) is 5.98. The van der Waals surface area contributed by atoms with E-state index in [4.69, 9.17) is 5.84 Å². The molecule has 0 radical (unpaired) electrons. The molecule has 0 saturated carbocycles. The summed E-state index contributed by atoms with van der Waals surface area (Å²) in [5.74, 6) is 4.09. The number of carbonyl (C=O) groups excluding carboxylic acids is 2. The SMILES string of the molecule is CN1C(=O)CCC(Nc2ncnc(NN)c2[N+](=O)[O-])C1=O. The summed E-state index contributed by atoms with van der Waals surface area (Å²) in [6, 6.07) is -0.771. The average Bonchev–Trinajstić information content (AvgIpc) is 2.47. The highest BCUT2D eigenvalue weighted by Crippen LogP contribution is 2.29. The van der Waals surface area contributed by atoms with Gasteiger partial charge in [-0.05, 0) is 6.42 Å². The summed E-state index contributed by atoms with van der Waals surface area (Å²) in [5, 5.41) is 13.8. The first-order valence-corrected chi connectivity index (χ1v) is 5.98. The van der Waals surface area contributed by atoms with E-state index in [1.54, 1.807) is 0 Å². The largest absolute Gasteiger partial charge is 0.354 e. The number of hydrazine groups is 1. The second-order valence-corrected chi connectivity index (χ2v) is 4.35. The monoisotopic (exact) mass is 295 g/mol. The molecule has 1 unspecified atom stereocenters. The zero-order valence-corrected chi connectivity index (χ0v) is 11.1. The maximum Gasteiger partial charge on any atom is 0.354 e. The number of hydrogen-bond donors (Lipinski definition) is 3. The van der Waals surface area contributed by atoms with E-state index in [0.717, 1.165) is 11.2 Å². The molecular weight excluding hydrogens is 282 g/mol. The van der Waals surface area contributed by atoms with Gasteiger partial charge in [-0.2, -0.15) is 0 Å². The number of nitrogens with two attached hydrogens (primary N) is 1. The minimum absolute atomic E-state index is 0.135. The van der Waals surface area contributed by atoms with Crippen LogP contribution in [0, 0.1) is 10.1 Å². The van der Waals surface area contributed by atoms with Gasteiger partial charge in [0.2, 0.25) is 17.5 Å². The lowest BCUT2D eigenvalue weighted by Crippen LogP contribution is -2.48. The number of imide groups is 1. The molecule has 4 N–H and O–H groups in total. The van der Waals surface area contributed by atoms with Gasteiger partial charge in [0.1, 0.15) is 12.4 Å². The van der Waals surface area contributed by atoms with E-state index in [-0.39, 0.29) is 30.4 Å². The van der Waals surface area contributed by atoms with E-state index in [1.807, 2.05) is 0 Å². The zero-order chi connectivity index (χ0) is 15.6. The van der Waals surface area contributed by atoms with Crippen LogP contribution >= 0.6 is 0 Å². The molecule has 2 heterocycles. The van der Waals surface area contributed by atoms with Crippen molar-refractivity contribution in [3.05, 3.63) is 16.4 Å². The average molecular weight is 295 g/mol. The van der Waals surface area contributed by atoms with Crippen molar-refractivity contribution < 1.29 is 14.5 Å². The third kappa shape index (κ3) is 2.72. The predicted octanol–water partition coefficient (Wildman–Crippen LogP) is -0.770. The van der Waals surface area contributed by atoms with Crippen molar-refractivity contribution in [3.8, 4) is 0 Å². The van der Waals surface area contributed by atoms with Crippen LogP contribution in [-0.2, 0) is 9.59 Å². The molecule has 2 amide bonds. The van der Waals surface area contributed by atoms with Gasteiger partial charge in [0.25, 0.3) is 5.91 Å². The molecule has 0 bridgehead atoms. The molecule has 1 aliphatic heterocycles. The second kappa shape index (κ2) is 5.66. The molecule has 11 heteroatoms. The molecule has 1 aromatic rings. The van der Waals surface area contributed by atoms with Crippen molar-refractivity contribution >= 4 is 29.1 Å². The number of anilines is 2. The number of piperidine rings is 1. The molecule has 1 atom stereocenters. The Morgan fingerprint density at radius 3 is 2.71 bits per heavy atom. The Morgan fingerprint density at radius 1 is 1.43 bits per heavy atom. The quantitative estimate of drug-likeness (QED) is 0.281. The van der Waals surface area contributed by atoms with Crippen molar-refractivity contribution in [2.24, 2.45) is 5.84 Å². The van der Waals surface area contributed by atoms with Crippen LogP contribution in [0.5, 0.6) is 0 Å². The Morgan fingerprint density at radius 2 is 2.10 bits per heavy atom. The van der Waals surface area contributed by atoms with Crippen molar-refractivity contribution in [1.29, 1.82) is 0 Å². The van der Waals surface area contributed by atoms with Gasteiger partial charge in [0, 0.05) is 13.5 Å². The predicted molar refractivity (Wildman–Crippen MR) is 70.9 cm³/mol. The van der Waals surface area contributed by atoms with Crippen LogP contribution in [0.4, 0.5) is 17.3 Å². The van der Waals surface area contributed by atoms with Crippen molar-refractivity contribution in [2.75, 3.05) is 17.8 Å². The Balaban J connectivity index is 2.30. The lowest BCUT2D eigenvalue weighted by molar-refractivity contribution is -0.383. The maximum atomic E-state index is 12.0. The first-order chi connectivity index (χ1) is 9.95. The van der Waals surface area contributed by atoms with Gasteiger partial charge in [-0.15, -0.1) is 0 Å². The summed E-state index contributed by atoms with van der Waals surface area (Å²) >= 11 is 0. The highest BCUT2D eigenvalue weighted by atomic mass is 16.6. The first kappa shape index (κ1) is 14.6. The molecule has 0 spiro atoms. The van der Waals surface area contributed by atoms with E-state index < -0.39 is 22.6 Å². The Kier molecular flexibility index (Phi) is 3.93. The summed E-state index contributed by atoms with van der Waals surface area (Å²) in [6.45, 7) is 0. The number of nitrogens with zero attached hydrogens (tertiary/aromatic N) is 4. The molecule has 1 aliphatic rings. The Hall–Kier alpha value is -2.82. The van der Waals surface area contributed by atoms with Crippen molar-refractivity contribution in [3.63, 3.8) is 0 Å². The molecule has 21 heavy (non-hydrogen) atoms. The summed E-state index contributed by atoms with van der Waals surface area (Å²) in [6.07, 6.45) is 1.47. The number of rotatable bonds is 4. The molecule has 0 aliphatic carbocycles. The number of aromatic nitrogens is 2. The van der Waals surface area contributed by atoms with Crippen LogP contribution in [0.15, 0.2) is 6.33 Å². The molecule has 112 valence electrons. The van der Waals surface area contributed by atoms with Gasteiger partial charge < -0.3 is 10.7 Å². The summed E-state index contributed by atoms with van der Waals surface area (Å²) in [7, 11) is 1.36. The Labute approximate surface area is 118 Å². The standard InChI is InChI=1S/C10H13N7O4/c1-16-6(18)3-2-5(10(16)19)14-8-7(17(20)21)9(15-11)13-4-12-8/h4-5H,2-3,11H2,1H3,(H2,12,13,14,15). The minimum Gasteiger partial charge on any atom is -0.352 e. The van der Waals surface area contributed by atoms with Gasteiger partial charge in [0.05, 0.1) is 4.92 Å². The molecule has 11 nitrogen and oxygen atoms in total. The van der Waals surface area contributed by atoms with Crippen LogP contribution in [0.3, 0.4) is 0 Å². The minimum atomic E-state index is -0.771. The fraction of sp³-hybridized carbons (Fsp3) is 0.400. The smallest absolute Gasteiger partial charge is 0.352 e. The van der Waals surface area contributed by atoms with Crippen LogP contribution in [-0.4, -0.2) is 44.7 Å². The van der Waals surface area contributed by atoms with Gasteiger partial charge >= 0.3 is 5.69 Å². The second-order valence-electron chi connectivity index (χ2n) is 4.35. The number of amides is 2. The van der Waals surface area contributed by atoms with Crippen molar-refractivity contribution in [2.45, 2.75) is 18.9 Å². The third-order valence-corrected chi connectivity index (χ3v) is 3.10. The van der Waals surface area contributed by atoms with Gasteiger partial charge in [-0.3, -0.25) is 24.6 Å². The summed E-state index contributed by atoms with van der Waals surface area (Å²) in [4.78, 5) is 42.1. The number of hydrogen-bond acceptors (Lipinski definition) is 9. The number of nitrogens with one attached hydrogen (secondary N) is 2. The molecule has 1 saturated heterocycles. The lowest BCUT2D eigenvalue weighted by atomic mass is 10.0. The number of nitrogen functional groups attached to an aromatic ring is 1. The van der Waals surface area contributed by atoms with Gasteiger partial charge in [0.15, 0.2) is 0 Å². The van der Waals surface area contributed by atoms with E-state index in [9.17, 15) is 19.7 Å². The number of carbonyl (C=O) groups is 2. The van der Waals surface area contributed by atoms with Crippen LogP contribution in [0.25, 0.3) is 0 Å². The number of nitro groups is 1. The van der Waals surface area contributed by atoms with Crippen LogP contribution in [0.2, 0.25) is 0 Å². The molecular formula is C10H13N7O4. The van der Waals surface area contributed by atoms with E-state index in [1.165, 1.54) is 7.05 Å². The topological polar surface area (TPSA) is 156 Å². The van der Waals surface area contributed by atoms with E-state index in [2.05, 4.69) is 20.7 Å². The highest BCUT2D eigenvalue weighted by molar-refractivity contribution is 6.01.